The lowest BCUT2D eigenvalue weighted by atomic mass is 9.96. The molecule has 2 heterocycles. The third kappa shape index (κ3) is 4.38. The van der Waals surface area contributed by atoms with E-state index in [2.05, 4.69) is 36.4 Å². The molecule has 4 heteroatoms. The summed E-state index contributed by atoms with van der Waals surface area (Å²) in [6, 6.07) is 46.8. The van der Waals surface area contributed by atoms with Gasteiger partial charge in [0.2, 0.25) is 5.89 Å². The van der Waals surface area contributed by atoms with Crippen LogP contribution in [0.1, 0.15) is 0 Å². The van der Waals surface area contributed by atoms with Crippen molar-refractivity contribution in [2.24, 2.45) is 0 Å². The van der Waals surface area contributed by atoms with Crippen LogP contribution in [0, 0.1) is 0 Å². The number of hydrogen-bond donors (Lipinski definition) is 0. The Labute approximate surface area is 226 Å². The Bertz CT molecular complexity index is 1840. The fraction of sp³-hybridized carbons (Fsp3) is 0. The number of fused-ring (bicyclic) bond motifs is 1. The molecule has 0 saturated heterocycles. The topological polar surface area (TPSA) is 51.8 Å². The maximum Gasteiger partial charge on any atom is 0.227 e. The second-order valence-corrected chi connectivity index (χ2v) is 9.28. The van der Waals surface area contributed by atoms with Gasteiger partial charge in [-0.1, -0.05) is 115 Å². The average Bonchev–Trinajstić information content (AvgIpc) is 3.47. The Hall–Kier alpha value is -5.35. The summed E-state index contributed by atoms with van der Waals surface area (Å²) < 4.78 is 6.37. The number of aromatic nitrogens is 3. The first-order chi connectivity index (χ1) is 19.3. The predicted octanol–water partition coefficient (Wildman–Crippen LogP) is 8.95. The summed E-state index contributed by atoms with van der Waals surface area (Å²) in [7, 11) is 0. The Morgan fingerprint density at radius 3 is 1.69 bits per heavy atom. The van der Waals surface area contributed by atoms with Gasteiger partial charge in [0.05, 0.1) is 11.4 Å². The zero-order valence-corrected chi connectivity index (χ0v) is 21.0. The Kier molecular flexibility index (Phi) is 5.76. The van der Waals surface area contributed by atoms with Crippen LogP contribution >= 0.6 is 0 Å². The van der Waals surface area contributed by atoms with Crippen LogP contribution in [0.5, 0.6) is 0 Å². The van der Waals surface area contributed by atoms with Crippen molar-refractivity contribution in [1.82, 2.24) is 15.0 Å². The monoisotopic (exact) mass is 501 g/mol. The van der Waals surface area contributed by atoms with E-state index in [0.717, 1.165) is 55.9 Å². The smallest absolute Gasteiger partial charge is 0.227 e. The molecule has 2 aromatic heterocycles. The van der Waals surface area contributed by atoms with Crippen LogP contribution in [0.3, 0.4) is 0 Å². The second-order valence-electron chi connectivity index (χ2n) is 9.28. The lowest BCUT2D eigenvalue weighted by molar-refractivity contribution is 0.621. The van der Waals surface area contributed by atoms with Gasteiger partial charge in [-0.2, -0.15) is 0 Å². The summed E-state index contributed by atoms with van der Waals surface area (Å²) in [5, 5.41) is 0. The minimum atomic E-state index is 0.607. The quantitative estimate of drug-likeness (QED) is 0.236. The molecule has 5 aromatic carbocycles. The zero-order chi connectivity index (χ0) is 26.0. The van der Waals surface area contributed by atoms with Gasteiger partial charge >= 0.3 is 0 Å². The lowest BCUT2D eigenvalue weighted by Gasteiger charge is -2.13. The van der Waals surface area contributed by atoms with Crippen molar-refractivity contribution in [3.05, 3.63) is 140 Å². The molecule has 39 heavy (non-hydrogen) atoms. The van der Waals surface area contributed by atoms with E-state index < -0.39 is 0 Å². The highest BCUT2D eigenvalue weighted by molar-refractivity contribution is 5.96. The van der Waals surface area contributed by atoms with Crippen LogP contribution in [-0.2, 0) is 0 Å². The summed E-state index contributed by atoms with van der Waals surface area (Å²) in [5.41, 5.74) is 9.25. The van der Waals surface area contributed by atoms with Gasteiger partial charge in [-0.15, -0.1) is 0 Å². The van der Waals surface area contributed by atoms with Crippen molar-refractivity contribution >= 4 is 11.1 Å². The Morgan fingerprint density at radius 2 is 0.974 bits per heavy atom. The first kappa shape index (κ1) is 22.8. The lowest BCUT2D eigenvalue weighted by Crippen LogP contribution is -1.97. The van der Waals surface area contributed by atoms with Crippen molar-refractivity contribution in [1.29, 1.82) is 0 Å². The van der Waals surface area contributed by atoms with Crippen molar-refractivity contribution in [2.75, 3.05) is 0 Å². The second kappa shape index (κ2) is 9.84. The minimum Gasteiger partial charge on any atom is -0.435 e. The van der Waals surface area contributed by atoms with E-state index >= 15 is 0 Å². The summed E-state index contributed by atoms with van der Waals surface area (Å²) in [6.07, 6.45) is 0. The maximum absolute atomic E-state index is 6.37. The first-order valence-electron chi connectivity index (χ1n) is 12.9. The van der Waals surface area contributed by atoms with E-state index in [9.17, 15) is 0 Å². The third-order valence-corrected chi connectivity index (χ3v) is 6.76. The largest absolute Gasteiger partial charge is 0.435 e. The molecule has 0 radical (unpaired) electrons. The van der Waals surface area contributed by atoms with E-state index in [0.29, 0.717) is 11.7 Å². The number of hydrogen-bond acceptors (Lipinski definition) is 4. The van der Waals surface area contributed by atoms with Gasteiger partial charge in [0.1, 0.15) is 5.52 Å². The van der Waals surface area contributed by atoms with Crippen LogP contribution in [0.2, 0.25) is 0 Å². The summed E-state index contributed by atoms with van der Waals surface area (Å²) in [4.78, 5) is 14.8. The molecule has 184 valence electrons. The van der Waals surface area contributed by atoms with Crippen LogP contribution in [0.25, 0.3) is 67.6 Å². The highest BCUT2D eigenvalue weighted by atomic mass is 16.3. The SMILES string of the molecule is c1ccc(-c2cc(-c3ccccc3-c3cccc4nc(-c5ccccc5)oc34)nc(-c3ccccc3)n2)cc1. The van der Waals surface area contributed by atoms with E-state index in [1.165, 1.54) is 0 Å². The fourth-order valence-electron chi connectivity index (χ4n) is 4.87. The molecule has 0 N–H and O–H groups in total. The minimum absolute atomic E-state index is 0.607. The van der Waals surface area contributed by atoms with Gasteiger partial charge in [-0.25, -0.2) is 15.0 Å². The average molecular weight is 502 g/mol. The molecule has 7 aromatic rings. The molecule has 7 rings (SSSR count). The van der Waals surface area contributed by atoms with E-state index in [4.69, 9.17) is 19.4 Å². The highest BCUT2D eigenvalue weighted by Gasteiger charge is 2.18. The van der Waals surface area contributed by atoms with Crippen molar-refractivity contribution < 1.29 is 4.42 Å². The van der Waals surface area contributed by atoms with Gasteiger partial charge < -0.3 is 4.42 Å². The standard InChI is InChI=1S/C35H23N3O/c1-4-13-24(14-5-1)31-23-32(37-34(36-31)25-15-6-2-7-16-25)28-20-11-10-19-27(28)29-21-12-22-30-33(29)39-35(38-30)26-17-8-3-9-18-26/h1-23H. The summed E-state index contributed by atoms with van der Waals surface area (Å²) in [5.74, 6) is 1.29. The fourth-order valence-corrected chi connectivity index (χ4v) is 4.87. The molecule has 0 aliphatic rings. The van der Waals surface area contributed by atoms with Crippen LogP contribution in [-0.4, -0.2) is 15.0 Å². The molecule has 0 aliphatic carbocycles. The van der Waals surface area contributed by atoms with Gasteiger partial charge in [-0.3, -0.25) is 0 Å². The molecular formula is C35H23N3O. The number of nitrogens with zero attached hydrogens (tertiary/aromatic N) is 3. The maximum atomic E-state index is 6.37. The van der Waals surface area contributed by atoms with Crippen molar-refractivity contribution in [3.8, 4) is 56.5 Å². The van der Waals surface area contributed by atoms with E-state index in [1.807, 2.05) is 103 Å². The van der Waals surface area contributed by atoms with Gasteiger partial charge in [0, 0.05) is 27.8 Å². The number of para-hydroxylation sites is 1. The Balaban J connectivity index is 1.43. The molecule has 0 aliphatic heterocycles. The normalized spacial score (nSPS) is 11.1. The Morgan fingerprint density at radius 1 is 0.410 bits per heavy atom. The number of rotatable bonds is 5. The highest BCUT2D eigenvalue weighted by Crippen LogP contribution is 2.38. The van der Waals surface area contributed by atoms with Gasteiger partial charge in [0.15, 0.2) is 11.4 Å². The molecular weight excluding hydrogens is 478 g/mol. The molecule has 0 bridgehead atoms. The van der Waals surface area contributed by atoms with Gasteiger partial charge in [-0.05, 0) is 29.8 Å². The molecule has 0 spiro atoms. The zero-order valence-electron chi connectivity index (χ0n) is 21.0. The van der Waals surface area contributed by atoms with Crippen LogP contribution < -0.4 is 0 Å². The van der Waals surface area contributed by atoms with Crippen LogP contribution in [0.4, 0.5) is 0 Å². The summed E-state index contributed by atoms with van der Waals surface area (Å²) >= 11 is 0. The third-order valence-electron chi connectivity index (χ3n) is 6.76. The number of benzene rings is 5. The molecule has 0 fully saturated rings. The molecule has 0 saturated carbocycles. The molecule has 0 unspecified atom stereocenters. The molecule has 0 amide bonds. The van der Waals surface area contributed by atoms with E-state index in [1.54, 1.807) is 0 Å². The summed E-state index contributed by atoms with van der Waals surface area (Å²) in [6.45, 7) is 0. The van der Waals surface area contributed by atoms with Crippen LogP contribution in [0.15, 0.2) is 144 Å². The van der Waals surface area contributed by atoms with E-state index in [-0.39, 0.29) is 0 Å². The van der Waals surface area contributed by atoms with Gasteiger partial charge in [0.25, 0.3) is 0 Å². The molecule has 4 nitrogen and oxygen atoms in total. The number of oxazole rings is 1. The predicted molar refractivity (Wildman–Crippen MR) is 157 cm³/mol. The molecule has 0 atom stereocenters. The van der Waals surface area contributed by atoms with Crippen molar-refractivity contribution in [3.63, 3.8) is 0 Å². The van der Waals surface area contributed by atoms with Crippen molar-refractivity contribution in [2.45, 2.75) is 0 Å². The first-order valence-corrected chi connectivity index (χ1v) is 12.9.